The van der Waals surface area contributed by atoms with Gasteiger partial charge in [0, 0.05) is 17.8 Å². The van der Waals surface area contributed by atoms with Crippen LogP contribution in [0.1, 0.15) is 53.9 Å². The number of carbonyl (C=O) groups excluding carboxylic acids is 1. The quantitative estimate of drug-likeness (QED) is 0.514. The molecule has 6 nitrogen and oxygen atoms in total. The normalized spacial score (nSPS) is 56.4. The lowest BCUT2D eigenvalue weighted by atomic mass is 9.40. The molecule has 0 spiro atoms. The zero-order chi connectivity index (χ0) is 19.9. The van der Waals surface area contributed by atoms with Crippen molar-refractivity contribution in [3.63, 3.8) is 0 Å². The highest BCUT2D eigenvalue weighted by Crippen LogP contribution is 2.66. The highest BCUT2D eigenvalue weighted by molar-refractivity contribution is 5.92. The van der Waals surface area contributed by atoms with Gasteiger partial charge in [-0.05, 0) is 32.1 Å². The molecule has 4 N–H and O–H groups in total. The van der Waals surface area contributed by atoms with Crippen LogP contribution in [0.25, 0.3) is 0 Å². The molecule has 3 rings (SSSR count). The van der Waals surface area contributed by atoms with Gasteiger partial charge in [0.15, 0.2) is 11.4 Å². The summed E-state index contributed by atoms with van der Waals surface area (Å²) in [4.78, 5) is 13.3. The third kappa shape index (κ3) is 2.02. The second-order valence-electron chi connectivity index (χ2n) is 9.78. The Hall–Kier alpha value is -0.790. The molecule has 26 heavy (non-hydrogen) atoms. The van der Waals surface area contributed by atoms with Crippen LogP contribution >= 0.6 is 0 Å². The van der Waals surface area contributed by atoms with Crippen LogP contribution in [-0.2, 0) is 9.53 Å². The lowest BCUT2D eigenvalue weighted by Gasteiger charge is -2.71. The number of hydrogen-bond donors (Lipinski definition) is 4. The minimum Gasteiger partial charge on any atom is -0.392 e. The Kier molecular flexibility index (Phi) is 4.13. The van der Waals surface area contributed by atoms with Crippen LogP contribution in [0.2, 0.25) is 0 Å². The molecule has 148 valence electrons. The number of aliphatic hydroxyl groups excluding tert-OH is 3. The molecular weight excluding hydrogens is 336 g/mol. The summed E-state index contributed by atoms with van der Waals surface area (Å²) in [6.45, 7) is 12.3. The Morgan fingerprint density at radius 1 is 1.15 bits per heavy atom. The average molecular weight is 368 g/mol. The second kappa shape index (κ2) is 5.39. The first-order valence-electron chi connectivity index (χ1n) is 9.35. The fourth-order valence-electron chi connectivity index (χ4n) is 6.32. The van der Waals surface area contributed by atoms with Crippen LogP contribution in [-0.4, -0.2) is 61.3 Å². The first-order chi connectivity index (χ1) is 11.7. The van der Waals surface area contributed by atoms with Crippen LogP contribution in [0.15, 0.2) is 12.7 Å². The van der Waals surface area contributed by atoms with Crippen LogP contribution in [0.4, 0.5) is 0 Å². The minimum absolute atomic E-state index is 0.110. The van der Waals surface area contributed by atoms with Crippen LogP contribution < -0.4 is 0 Å². The lowest BCUT2D eigenvalue weighted by Crippen LogP contribution is -2.86. The highest BCUT2D eigenvalue weighted by Gasteiger charge is 2.80. The fraction of sp³-hybridized carbons (Fsp3) is 0.850. The van der Waals surface area contributed by atoms with Crippen molar-refractivity contribution in [1.29, 1.82) is 0 Å². The van der Waals surface area contributed by atoms with Gasteiger partial charge in [-0.1, -0.05) is 26.8 Å². The molecule has 1 saturated heterocycles. The van der Waals surface area contributed by atoms with Gasteiger partial charge in [-0.3, -0.25) is 4.79 Å². The smallest absolute Gasteiger partial charge is 0.171 e. The van der Waals surface area contributed by atoms with Gasteiger partial charge in [-0.25, -0.2) is 0 Å². The summed E-state index contributed by atoms with van der Waals surface area (Å²) < 4.78 is 6.09. The Balaban J connectivity index is 2.29. The maximum absolute atomic E-state index is 13.3. The number of rotatable bonds is 1. The first-order valence-corrected chi connectivity index (χ1v) is 9.35. The molecule has 0 aromatic rings. The molecule has 8 atom stereocenters. The van der Waals surface area contributed by atoms with Crippen molar-refractivity contribution in [2.75, 3.05) is 0 Å². The molecule has 6 heteroatoms. The Labute approximate surface area is 154 Å². The number of ketones is 1. The van der Waals surface area contributed by atoms with Crippen molar-refractivity contribution >= 4 is 5.78 Å². The van der Waals surface area contributed by atoms with Crippen molar-refractivity contribution in [3.05, 3.63) is 12.7 Å². The number of Topliss-reactive ketones (excluding diaryl/α,β-unsaturated/α-hetero) is 1. The fourth-order valence-corrected chi connectivity index (χ4v) is 6.32. The largest absolute Gasteiger partial charge is 0.392 e. The van der Waals surface area contributed by atoms with Gasteiger partial charge in [0.05, 0.1) is 17.8 Å². The summed E-state index contributed by atoms with van der Waals surface area (Å²) in [5, 5.41) is 44.9. The van der Waals surface area contributed by atoms with Gasteiger partial charge in [0.1, 0.15) is 11.7 Å². The zero-order valence-corrected chi connectivity index (χ0v) is 16.3. The molecule has 1 heterocycles. The molecule has 0 radical (unpaired) electrons. The standard InChI is InChI=1S/C20H32O6/c1-7-17(4)10-12(22)20(25)18(5)11(21)8-9-16(2,3)14(18)13(23)15(24)19(20,6)26-17/h7,11,13-15,21,23-25H,1,8-10H2,2-6H3/t11-,13-,14+,15-,17-,18-,19+,20-/m0/s1. The van der Waals surface area contributed by atoms with Crippen molar-refractivity contribution in [2.45, 2.75) is 89.0 Å². The SMILES string of the molecule is C=C[C@@]1(C)CC(=O)[C@]2(O)[C@]3(C)[C@H]([C@H](O)[C@H](O)[C@@]2(C)O1)C(C)(C)CC[C@@H]3O. The van der Waals surface area contributed by atoms with Gasteiger partial charge in [-0.2, -0.15) is 0 Å². The van der Waals surface area contributed by atoms with E-state index in [2.05, 4.69) is 6.58 Å². The summed E-state index contributed by atoms with van der Waals surface area (Å²) in [6.07, 6.45) is -1.37. The van der Waals surface area contributed by atoms with E-state index in [1.165, 1.54) is 13.0 Å². The second-order valence-corrected chi connectivity index (χ2v) is 9.78. The zero-order valence-electron chi connectivity index (χ0n) is 16.3. The molecule has 2 saturated carbocycles. The van der Waals surface area contributed by atoms with E-state index >= 15 is 0 Å². The van der Waals surface area contributed by atoms with E-state index in [1.54, 1.807) is 13.8 Å². The summed E-state index contributed by atoms with van der Waals surface area (Å²) in [7, 11) is 0. The molecular formula is C20H32O6. The maximum atomic E-state index is 13.3. The summed E-state index contributed by atoms with van der Waals surface area (Å²) >= 11 is 0. The third-order valence-electron chi connectivity index (χ3n) is 7.76. The summed E-state index contributed by atoms with van der Waals surface area (Å²) in [5.41, 5.74) is -6.82. The molecule has 1 aliphatic heterocycles. The van der Waals surface area contributed by atoms with Crippen LogP contribution in [0.3, 0.4) is 0 Å². The van der Waals surface area contributed by atoms with Gasteiger partial charge in [0.25, 0.3) is 0 Å². The number of hydrogen-bond acceptors (Lipinski definition) is 6. The third-order valence-corrected chi connectivity index (χ3v) is 7.76. The Morgan fingerprint density at radius 2 is 1.73 bits per heavy atom. The van der Waals surface area contributed by atoms with E-state index in [4.69, 9.17) is 4.74 Å². The van der Waals surface area contributed by atoms with Crippen LogP contribution in [0.5, 0.6) is 0 Å². The van der Waals surface area contributed by atoms with E-state index in [1.807, 2.05) is 13.8 Å². The molecule has 2 aliphatic carbocycles. The van der Waals surface area contributed by atoms with E-state index in [-0.39, 0.29) is 6.42 Å². The highest BCUT2D eigenvalue weighted by atomic mass is 16.6. The van der Waals surface area contributed by atoms with E-state index < -0.39 is 57.6 Å². The van der Waals surface area contributed by atoms with Crippen molar-refractivity contribution in [3.8, 4) is 0 Å². The van der Waals surface area contributed by atoms with Gasteiger partial charge in [-0.15, -0.1) is 6.58 Å². The van der Waals surface area contributed by atoms with Gasteiger partial charge < -0.3 is 25.2 Å². The monoisotopic (exact) mass is 368 g/mol. The minimum atomic E-state index is -2.14. The van der Waals surface area contributed by atoms with E-state index in [9.17, 15) is 25.2 Å². The predicted octanol–water partition coefficient (Wildman–Crippen LogP) is 0.949. The van der Waals surface area contributed by atoms with Gasteiger partial charge >= 0.3 is 0 Å². The molecule has 0 unspecified atom stereocenters. The molecule has 0 bridgehead atoms. The Bertz CT molecular complexity index is 646. The molecule has 0 aromatic heterocycles. The predicted molar refractivity (Wildman–Crippen MR) is 95.3 cm³/mol. The molecule has 0 amide bonds. The van der Waals surface area contributed by atoms with E-state index in [0.717, 1.165) is 0 Å². The molecule has 0 aromatic carbocycles. The lowest BCUT2D eigenvalue weighted by molar-refractivity contribution is -0.370. The number of fused-ring (bicyclic) bond motifs is 3. The summed E-state index contributed by atoms with van der Waals surface area (Å²) in [6, 6.07) is 0. The molecule has 3 fully saturated rings. The Morgan fingerprint density at radius 3 is 2.27 bits per heavy atom. The molecule has 3 aliphatic rings. The van der Waals surface area contributed by atoms with Crippen molar-refractivity contribution < 1.29 is 30.0 Å². The number of ether oxygens (including phenoxy) is 1. The number of carbonyl (C=O) groups is 1. The van der Waals surface area contributed by atoms with Crippen molar-refractivity contribution in [1.82, 2.24) is 0 Å². The van der Waals surface area contributed by atoms with Crippen molar-refractivity contribution in [2.24, 2.45) is 16.7 Å². The first kappa shape index (κ1) is 20.0. The van der Waals surface area contributed by atoms with Crippen LogP contribution in [0, 0.1) is 16.7 Å². The number of aliphatic hydroxyl groups is 4. The maximum Gasteiger partial charge on any atom is 0.171 e. The topological polar surface area (TPSA) is 107 Å². The van der Waals surface area contributed by atoms with E-state index in [0.29, 0.717) is 12.8 Å². The summed E-state index contributed by atoms with van der Waals surface area (Å²) in [5.74, 6) is -1.17. The van der Waals surface area contributed by atoms with Gasteiger partial charge in [0.2, 0.25) is 0 Å². The average Bonchev–Trinajstić information content (AvgIpc) is 2.54.